The number of hydrogen-bond donors (Lipinski definition) is 0. The average Bonchev–Trinajstić information content (AvgIpc) is 3.26. The molecule has 61 heavy (non-hydrogen) atoms. The van der Waals surface area contributed by atoms with E-state index in [0.717, 1.165) is 96.3 Å². The molecule has 0 spiro atoms. The Morgan fingerprint density at radius 1 is 0.328 bits per heavy atom. The molecule has 1 unspecified atom stereocenters. The van der Waals surface area contributed by atoms with E-state index in [2.05, 4.69) is 69.4 Å². The van der Waals surface area contributed by atoms with Gasteiger partial charge in [-0.15, -0.1) is 0 Å². The summed E-state index contributed by atoms with van der Waals surface area (Å²) in [5.41, 5.74) is 0. The first-order chi connectivity index (χ1) is 30.0. The van der Waals surface area contributed by atoms with Gasteiger partial charge in [-0.2, -0.15) is 0 Å². The van der Waals surface area contributed by atoms with E-state index in [1.165, 1.54) is 128 Å². The Hall–Kier alpha value is -2.63. The van der Waals surface area contributed by atoms with Crippen LogP contribution in [0.3, 0.4) is 0 Å². The molecule has 0 N–H and O–H groups in total. The second kappa shape index (κ2) is 50.0. The Labute approximate surface area is 378 Å². The van der Waals surface area contributed by atoms with Gasteiger partial charge in [-0.05, 0) is 103 Å². The normalized spacial score (nSPS) is 12.4. The van der Waals surface area contributed by atoms with Gasteiger partial charge < -0.3 is 14.2 Å². The van der Waals surface area contributed by atoms with Crippen molar-refractivity contribution in [1.29, 1.82) is 0 Å². The van der Waals surface area contributed by atoms with E-state index in [1.807, 2.05) is 0 Å². The molecule has 0 aromatic rings. The number of unbranched alkanes of at least 4 members (excludes halogenated alkanes) is 28. The first-order valence-electron chi connectivity index (χ1n) is 26.1. The van der Waals surface area contributed by atoms with Crippen molar-refractivity contribution in [3.63, 3.8) is 0 Å². The van der Waals surface area contributed by atoms with E-state index in [9.17, 15) is 14.4 Å². The Morgan fingerprint density at radius 2 is 0.590 bits per heavy atom. The third-order valence-electron chi connectivity index (χ3n) is 11.3. The lowest BCUT2D eigenvalue weighted by Crippen LogP contribution is -2.30. The van der Waals surface area contributed by atoms with E-state index in [1.54, 1.807) is 0 Å². The van der Waals surface area contributed by atoms with Gasteiger partial charge in [0.2, 0.25) is 0 Å². The van der Waals surface area contributed by atoms with Crippen molar-refractivity contribution in [2.24, 2.45) is 0 Å². The fourth-order valence-corrected chi connectivity index (χ4v) is 7.28. The molecule has 0 radical (unpaired) electrons. The van der Waals surface area contributed by atoms with Crippen molar-refractivity contribution >= 4 is 17.9 Å². The maximum absolute atomic E-state index is 12.8. The molecular weight excluding hydrogens is 757 g/mol. The molecule has 0 aromatic carbocycles. The van der Waals surface area contributed by atoms with Crippen LogP contribution >= 0.6 is 0 Å². The highest BCUT2D eigenvalue weighted by molar-refractivity contribution is 5.71. The van der Waals surface area contributed by atoms with Crippen LogP contribution in [-0.2, 0) is 28.6 Å². The standard InChI is InChI=1S/C55H98O6/c1-4-7-10-13-16-19-22-25-27-30-33-36-39-42-45-48-54(57)60-51-52(50-59-53(56)47-44-41-38-35-32-29-24-21-18-15-12-9-6-3)61-55(58)49-46-43-40-37-34-31-28-26-23-20-17-14-11-8-5-2/h16,19,21,24-28,52H,4-15,17-18,20,22-23,29-51H2,1-3H3. The first kappa shape index (κ1) is 58.4. The molecular formula is C55H98O6. The molecule has 0 fully saturated rings. The van der Waals surface area contributed by atoms with Gasteiger partial charge >= 0.3 is 17.9 Å². The number of carbonyl (C=O) groups is 3. The van der Waals surface area contributed by atoms with Gasteiger partial charge in [0.1, 0.15) is 13.2 Å². The summed E-state index contributed by atoms with van der Waals surface area (Å²) in [6.45, 7) is 6.58. The minimum atomic E-state index is -0.784. The summed E-state index contributed by atoms with van der Waals surface area (Å²) in [4.78, 5) is 38.0. The van der Waals surface area contributed by atoms with Crippen molar-refractivity contribution in [1.82, 2.24) is 0 Å². The Morgan fingerprint density at radius 3 is 0.967 bits per heavy atom. The van der Waals surface area contributed by atoms with Gasteiger partial charge in [-0.1, -0.05) is 191 Å². The first-order valence-corrected chi connectivity index (χ1v) is 26.1. The van der Waals surface area contributed by atoms with Gasteiger partial charge in [-0.25, -0.2) is 0 Å². The molecule has 0 saturated heterocycles. The monoisotopic (exact) mass is 855 g/mol. The van der Waals surface area contributed by atoms with Gasteiger partial charge in [0.15, 0.2) is 6.10 Å². The van der Waals surface area contributed by atoms with Crippen molar-refractivity contribution in [3.05, 3.63) is 48.6 Å². The third kappa shape index (κ3) is 48.3. The Kier molecular flexibility index (Phi) is 47.9. The number of rotatable bonds is 47. The molecule has 0 heterocycles. The molecule has 0 aliphatic carbocycles. The summed E-state index contributed by atoms with van der Waals surface area (Å²) < 4.78 is 16.8. The molecule has 0 aromatic heterocycles. The maximum atomic E-state index is 12.8. The lowest BCUT2D eigenvalue weighted by Gasteiger charge is -2.18. The van der Waals surface area contributed by atoms with Crippen LogP contribution in [0.1, 0.15) is 265 Å². The third-order valence-corrected chi connectivity index (χ3v) is 11.3. The number of allylic oxidation sites excluding steroid dienone is 8. The predicted octanol–water partition coefficient (Wildman–Crippen LogP) is 17.1. The lowest BCUT2D eigenvalue weighted by atomic mass is 10.1. The summed E-state index contributed by atoms with van der Waals surface area (Å²) in [7, 11) is 0. The number of carbonyl (C=O) groups excluding carboxylic acids is 3. The Balaban J connectivity index is 4.42. The van der Waals surface area contributed by atoms with Crippen LogP contribution in [0.5, 0.6) is 0 Å². The summed E-state index contributed by atoms with van der Waals surface area (Å²) in [6, 6.07) is 0. The molecule has 0 saturated carbocycles. The SMILES string of the molecule is CCCCCC=CCC=CCCCCCCCC(=O)OCC(COC(=O)CCCCCCCC=CCCCCCC)OC(=O)CCCCCCCC=CCCCCCCCC. The summed E-state index contributed by atoms with van der Waals surface area (Å²) in [5, 5.41) is 0. The highest BCUT2D eigenvalue weighted by Gasteiger charge is 2.19. The average molecular weight is 855 g/mol. The van der Waals surface area contributed by atoms with E-state index in [4.69, 9.17) is 14.2 Å². The zero-order chi connectivity index (χ0) is 44.4. The minimum absolute atomic E-state index is 0.0846. The smallest absolute Gasteiger partial charge is 0.306 e. The number of esters is 3. The fourth-order valence-electron chi connectivity index (χ4n) is 7.28. The molecule has 6 nitrogen and oxygen atoms in total. The molecule has 1 atom stereocenters. The second-order valence-corrected chi connectivity index (χ2v) is 17.4. The van der Waals surface area contributed by atoms with Crippen molar-refractivity contribution in [2.45, 2.75) is 271 Å². The topological polar surface area (TPSA) is 78.9 Å². The van der Waals surface area contributed by atoms with E-state index >= 15 is 0 Å². The van der Waals surface area contributed by atoms with Crippen LogP contribution < -0.4 is 0 Å². The van der Waals surface area contributed by atoms with E-state index in [-0.39, 0.29) is 31.1 Å². The fraction of sp³-hybridized carbons (Fsp3) is 0.800. The van der Waals surface area contributed by atoms with Crippen LogP contribution in [0.4, 0.5) is 0 Å². The molecule has 0 aliphatic heterocycles. The van der Waals surface area contributed by atoms with Crippen LogP contribution in [0.15, 0.2) is 48.6 Å². The predicted molar refractivity (Wildman–Crippen MR) is 261 cm³/mol. The molecule has 0 bridgehead atoms. The van der Waals surface area contributed by atoms with Gasteiger partial charge in [0, 0.05) is 19.3 Å². The molecule has 6 heteroatoms. The molecule has 0 amide bonds. The zero-order valence-corrected chi connectivity index (χ0v) is 40.4. The highest BCUT2D eigenvalue weighted by atomic mass is 16.6. The van der Waals surface area contributed by atoms with Crippen LogP contribution in [0.2, 0.25) is 0 Å². The second-order valence-electron chi connectivity index (χ2n) is 17.4. The lowest BCUT2D eigenvalue weighted by molar-refractivity contribution is -0.167. The van der Waals surface area contributed by atoms with Crippen molar-refractivity contribution < 1.29 is 28.6 Å². The van der Waals surface area contributed by atoms with Crippen LogP contribution in [0, 0.1) is 0 Å². The molecule has 354 valence electrons. The number of ether oxygens (including phenoxy) is 3. The maximum Gasteiger partial charge on any atom is 0.306 e. The zero-order valence-electron chi connectivity index (χ0n) is 40.4. The highest BCUT2D eigenvalue weighted by Crippen LogP contribution is 2.14. The van der Waals surface area contributed by atoms with Crippen molar-refractivity contribution in [2.75, 3.05) is 13.2 Å². The van der Waals surface area contributed by atoms with Crippen LogP contribution in [-0.4, -0.2) is 37.2 Å². The van der Waals surface area contributed by atoms with E-state index in [0.29, 0.717) is 19.3 Å². The van der Waals surface area contributed by atoms with E-state index < -0.39 is 6.10 Å². The largest absolute Gasteiger partial charge is 0.462 e. The van der Waals surface area contributed by atoms with Gasteiger partial charge in [-0.3, -0.25) is 14.4 Å². The quantitative estimate of drug-likeness (QED) is 0.0263. The summed E-state index contributed by atoms with van der Waals surface area (Å²) in [5.74, 6) is -0.909. The molecule has 0 rings (SSSR count). The summed E-state index contributed by atoms with van der Waals surface area (Å²) >= 11 is 0. The number of hydrogen-bond acceptors (Lipinski definition) is 6. The Bertz CT molecular complexity index is 1070. The van der Waals surface area contributed by atoms with Crippen LogP contribution in [0.25, 0.3) is 0 Å². The minimum Gasteiger partial charge on any atom is -0.462 e. The summed E-state index contributed by atoms with van der Waals surface area (Å²) in [6.07, 6.45) is 59.4. The van der Waals surface area contributed by atoms with Gasteiger partial charge in [0.05, 0.1) is 0 Å². The van der Waals surface area contributed by atoms with Gasteiger partial charge in [0.25, 0.3) is 0 Å². The van der Waals surface area contributed by atoms with Crippen molar-refractivity contribution in [3.8, 4) is 0 Å². The molecule has 0 aliphatic rings.